The fraction of sp³-hybridized carbons (Fsp3) is 0.296. The number of ether oxygens (including phenoxy) is 2. The Morgan fingerprint density at radius 3 is 2.62 bits per heavy atom. The molecule has 11 nitrogen and oxygen atoms in total. The second-order valence-corrected chi connectivity index (χ2v) is 9.50. The van der Waals surface area contributed by atoms with Crippen LogP contribution < -0.4 is 9.47 Å². The maximum absolute atomic E-state index is 15.1. The first-order valence-electron chi connectivity index (χ1n) is 12.8. The molecule has 15 heteroatoms. The maximum Gasteiger partial charge on any atom is 0.434 e. The third-order valence-corrected chi connectivity index (χ3v) is 6.73. The topological polar surface area (TPSA) is 140 Å². The Kier molecular flexibility index (Phi) is 6.68. The Labute approximate surface area is 235 Å². The lowest BCUT2D eigenvalue weighted by molar-refractivity contribution is -0.140. The number of pyridine rings is 1. The smallest absolute Gasteiger partial charge is 0.434 e. The van der Waals surface area contributed by atoms with Crippen LogP contribution in [0, 0.1) is 17.1 Å². The molecule has 5 heterocycles. The van der Waals surface area contributed by atoms with E-state index >= 15 is 4.39 Å². The van der Waals surface area contributed by atoms with Crippen molar-refractivity contribution in [1.29, 1.82) is 5.26 Å². The zero-order chi connectivity index (χ0) is 29.6. The van der Waals surface area contributed by atoms with Gasteiger partial charge in [0.15, 0.2) is 23.2 Å². The molecule has 5 aromatic heterocycles. The van der Waals surface area contributed by atoms with Gasteiger partial charge in [0.2, 0.25) is 11.8 Å². The van der Waals surface area contributed by atoms with Crippen LogP contribution in [0.4, 0.5) is 17.6 Å². The predicted molar refractivity (Wildman–Crippen MR) is 139 cm³/mol. The van der Waals surface area contributed by atoms with Crippen molar-refractivity contribution < 1.29 is 27.0 Å². The maximum atomic E-state index is 15.1. The molecule has 214 valence electrons. The molecule has 6 rings (SSSR count). The average molecular weight is 580 g/mol. The van der Waals surface area contributed by atoms with Crippen LogP contribution in [-0.4, -0.2) is 46.6 Å². The van der Waals surface area contributed by atoms with Crippen LogP contribution in [0.5, 0.6) is 11.8 Å². The van der Waals surface area contributed by atoms with Crippen molar-refractivity contribution in [1.82, 2.24) is 39.5 Å². The van der Waals surface area contributed by atoms with Crippen molar-refractivity contribution >= 4 is 11.0 Å². The molecule has 1 saturated carbocycles. The lowest BCUT2D eigenvalue weighted by Gasteiger charge is -2.13. The van der Waals surface area contributed by atoms with Crippen LogP contribution in [0.3, 0.4) is 0 Å². The Morgan fingerprint density at radius 2 is 1.95 bits per heavy atom. The van der Waals surface area contributed by atoms with Gasteiger partial charge < -0.3 is 19.0 Å². The molecule has 0 spiro atoms. The molecule has 1 fully saturated rings. The molecular formula is C27H21F4N9O2. The predicted octanol–water partition coefficient (Wildman–Crippen LogP) is 5.19. The van der Waals surface area contributed by atoms with Gasteiger partial charge in [-0.3, -0.25) is 0 Å². The van der Waals surface area contributed by atoms with Gasteiger partial charge in [0.1, 0.15) is 35.9 Å². The van der Waals surface area contributed by atoms with Gasteiger partial charge in [0.25, 0.3) is 0 Å². The molecule has 0 saturated heterocycles. The van der Waals surface area contributed by atoms with Crippen molar-refractivity contribution in [3.63, 3.8) is 0 Å². The summed E-state index contributed by atoms with van der Waals surface area (Å²) in [4.78, 5) is 28.4. The van der Waals surface area contributed by atoms with Crippen molar-refractivity contribution in [2.45, 2.75) is 45.0 Å². The second-order valence-electron chi connectivity index (χ2n) is 9.50. The monoisotopic (exact) mass is 579 g/mol. The molecular weight excluding hydrogens is 558 g/mol. The van der Waals surface area contributed by atoms with E-state index in [0.717, 1.165) is 30.8 Å². The van der Waals surface area contributed by atoms with Gasteiger partial charge in [0, 0.05) is 36.6 Å². The number of methoxy groups -OCH3 is 1. The quantitative estimate of drug-likeness (QED) is 0.246. The first kappa shape index (κ1) is 27.1. The minimum Gasteiger partial charge on any atom is -0.480 e. The molecule has 0 bridgehead atoms. The minimum atomic E-state index is -4.68. The van der Waals surface area contributed by atoms with E-state index in [9.17, 15) is 18.4 Å². The van der Waals surface area contributed by atoms with Crippen molar-refractivity contribution in [2.75, 3.05) is 7.11 Å². The van der Waals surface area contributed by atoms with E-state index in [2.05, 4.69) is 41.0 Å². The van der Waals surface area contributed by atoms with E-state index in [1.807, 2.05) is 0 Å². The van der Waals surface area contributed by atoms with E-state index in [1.165, 1.54) is 30.4 Å². The van der Waals surface area contributed by atoms with Gasteiger partial charge in [-0.05, 0) is 25.8 Å². The number of imidazole rings is 1. The summed E-state index contributed by atoms with van der Waals surface area (Å²) >= 11 is 0. The van der Waals surface area contributed by atoms with E-state index in [4.69, 9.17) is 9.47 Å². The van der Waals surface area contributed by atoms with Gasteiger partial charge in [0.05, 0.1) is 23.8 Å². The van der Waals surface area contributed by atoms with Gasteiger partial charge in [-0.2, -0.15) is 23.4 Å². The number of fused-ring (bicyclic) bond motifs is 1. The van der Waals surface area contributed by atoms with E-state index in [-0.39, 0.29) is 59.3 Å². The zero-order valence-electron chi connectivity index (χ0n) is 22.2. The van der Waals surface area contributed by atoms with Crippen LogP contribution >= 0.6 is 0 Å². The summed E-state index contributed by atoms with van der Waals surface area (Å²) in [5, 5.41) is 9.96. The van der Waals surface area contributed by atoms with Crippen molar-refractivity contribution in [2.24, 2.45) is 0 Å². The number of alkyl halides is 3. The van der Waals surface area contributed by atoms with Crippen LogP contribution in [0.25, 0.3) is 33.9 Å². The number of H-pyrrole nitrogens is 1. The number of hydrogen-bond acceptors (Lipinski definition) is 9. The number of nitrogens with one attached hydrogen (secondary N) is 1. The molecule has 0 aliphatic heterocycles. The summed E-state index contributed by atoms with van der Waals surface area (Å²) in [5.41, 5.74) is 0.598. The Balaban J connectivity index is 1.35. The van der Waals surface area contributed by atoms with E-state index in [0.29, 0.717) is 16.6 Å². The summed E-state index contributed by atoms with van der Waals surface area (Å²) < 4.78 is 67.3. The number of nitriles is 1. The largest absolute Gasteiger partial charge is 0.480 e. The highest BCUT2D eigenvalue weighted by molar-refractivity contribution is 5.89. The molecule has 0 amide bonds. The zero-order valence-corrected chi connectivity index (χ0v) is 22.2. The third-order valence-electron chi connectivity index (χ3n) is 6.73. The summed E-state index contributed by atoms with van der Waals surface area (Å²) in [5.74, 6) is -0.366. The number of hydrogen-bond donors (Lipinski definition) is 1. The Morgan fingerprint density at radius 1 is 1.14 bits per heavy atom. The first-order valence-corrected chi connectivity index (χ1v) is 12.8. The van der Waals surface area contributed by atoms with Crippen LogP contribution in [0.2, 0.25) is 0 Å². The number of aryl methyl sites for hydroxylation is 1. The highest BCUT2D eigenvalue weighted by Crippen LogP contribution is 2.45. The molecule has 1 aliphatic carbocycles. The second kappa shape index (κ2) is 10.4. The summed E-state index contributed by atoms with van der Waals surface area (Å²) in [6, 6.07) is 3.17. The molecule has 0 aromatic carbocycles. The fourth-order valence-electron chi connectivity index (χ4n) is 4.57. The highest BCUT2D eigenvalue weighted by atomic mass is 19.4. The lowest BCUT2D eigenvalue weighted by atomic mass is 10.1. The standard InChI is InChI=1S/C27H21F4N9O2/c1-3-40-10-17(27(29,30)31)37-24(40)21-16(28)6-13(8-33-21)11-42-26-18-15(7-32)9-34-22(18)38-23(39-26)19-20(14-4-5-14)35-12-36-25(19)41-2/h6,8-10,12,14H,3-5,11H2,1-2H3,(H,34,38,39). The van der Waals surface area contributed by atoms with E-state index in [1.54, 1.807) is 6.92 Å². The molecule has 1 N–H and O–H groups in total. The van der Waals surface area contributed by atoms with Crippen molar-refractivity contribution in [3.8, 4) is 40.7 Å². The number of halogens is 4. The van der Waals surface area contributed by atoms with Gasteiger partial charge >= 0.3 is 6.18 Å². The van der Waals surface area contributed by atoms with Gasteiger partial charge in [-0.25, -0.2) is 29.3 Å². The van der Waals surface area contributed by atoms with Crippen LogP contribution in [0.15, 0.2) is 31.0 Å². The normalized spacial score (nSPS) is 13.4. The Bertz CT molecular complexity index is 1860. The minimum absolute atomic E-state index is 0.0429. The van der Waals surface area contributed by atoms with Crippen molar-refractivity contribution in [3.05, 3.63) is 59.3 Å². The Hall–Kier alpha value is -5.13. The van der Waals surface area contributed by atoms with Gasteiger partial charge in [-0.1, -0.05) is 0 Å². The molecule has 0 unspecified atom stereocenters. The average Bonchev–Trinajstić information content (AvgIpc) is 3.59. The van der Waals surface area contributed by atoms with Gasteiger partial charge in [-0.15, -0.1) is 0 Å². The van der Waals surface area contributed by atoms with E-state index < -0.39 is 17.7 Å². The van der Waals surface area contributed by atoms with Crippen LogP contribution in [-0.2, 0) is 19.3 Å². The third kappa shape index (κ3) is 4.84. The number of rotatable bonds is 8. The lowest BCUT2D eigenvalue weighted by Crippen LogP contribution is -2.06. The molecule has 1 aliphatic rings. The summed E-state index contributed by atoms with van der Waals surface area (Å²) in [6.45, 7) is 1.52. The van der Waals surface area contributed by atoms with Crippen LogP contribution in [0.1, 0.15) is 48.2 Å². The molecule has 0 radical (unpaired) electrons. The number of aromatic amines is 1. The molecule has 5 aromatic rings. The summed E-state index contributed by atoms with van der Waals surface area (Å²) in [6.07, 6.45) is 2.19. The fourth-order valence-corrected chi connectivity index (χ4v) is 4.57. The number of aromatic nitrogens is 8. The molecule has 42 heavy (non-hydrogen) atoms. The molecule has 0 atom stereocenters. The SMILES string of the molecule is CCn1cc(C(F)(F)F)nc1-c1ncc(COc2nc(-c3c(OC)ncnc3C3CC3)nc3[nH]cc(C#N)c23)cc1F. The highest BCUT2D eigenvalue weighted by Gasteiger charge is 2.35. The first-order chi connectivity index (χ1) is 20.2. The number of nitrogens with zero attached hydrogens (tertiary/aromatic N) is 8. The summed E-state index contributed by atoms with van der Waals surface area (Å²) in [7, 11) is 1.48.